The quantitative estimate of drug-likeness (QED) is 0.0510. The maximum absolute atomic E-state index is 11.9. The Balaban J connectivity index is 3.25. The fourth-order valence-corrected chi connectivity index (χ4v) is 5.88. The van der Waals surface area contributed by atoms with Crippen molar-refractivity contribution >= 4 is 7.82 Å². The van der Waals surface area contributed by atoms with Crippen LogP contribution < -0.4 is 0 Å². The summed E-state index contributed by atoms with van der Waals surface area (Å²) < 4.78 is 43.8. The molecule has 8 nitrogen and oxygen atoms in total. The zero-order valence-electron chi connectivity index (χ0n) is 29.8. The van der Waals surface area contributed by atoms with Gasteiger partial charge < -0.3 is 23.8 Å². The Morgan fingerprint density at radius 2 is 0.556 bits per heavy atom. The molecular weight excluding hydrogens is 591 g/mol. The molecule has 0 bridgehead atoms. The lowest BCUT2D eigenvalue weighted by molar-refractivity contribution is 0.0193. The van der Waals surface area contributed by atoms with Gasteiger partial charge in [-0.2, -0.15) is 0 Å². The predicted octanol–water partition coefficient (Wildman–Crippen LogP) is 10.6. The highest BCUT2D eigenvalue weighted by molar-refractivity contribution is 7.47. The smallest absolute Gasteiger partial charge is 0.379 e. The largest absolute Gasteiger partial charge is 0.472 e. The molecule has 9 heteroatoms. The third kappa shape index (κ3) is 40.0. The highest BCUT2D eigenvalue weighted by atomic mass is 31.2. The van der Waals surface area contributed by atoms with Crippen molar-refractivity contribution in [2.24, 2.45) is 0 Å². The van der Waals surface area contributed by atoms with Crippen LogP contribution in [0.25, 0.3) is 0 Å². The zero-order valence-corrected chi connectivity index (χ0v) is 30.7. The summed E-state index contributed by atoms with van der Waals surface area (Å²) in [6.45, 7) is 8.35. The molecule has 0 amide bonds. The molecule has 0 rings (SSSR count). The molecule has 0 aliphatic rings. The van der Waals surface area contributed by atoms with E-state index in [1.165, 1.54) is 141 Å². The lowest BCUT2D eigenvalue weighted by Crippen LogP contribution is -2.11. The molecule has 0 radical (unpaired) electrons. The summed E-state index contributed by atoms with van der Waals surface area (Å²) in [6.07, 6.45) is 32.0. The Morgan fingerprint density at radius 1 is 0.333 bits per heavy atom. The second kappa shape index (κ2) is 38.4. The van der Waals surface area contributed by atoms with E-state index < -0.39 is 7.82 Å². The Kier molecular flexibility index (Phi) is 38.4. The Bertz CT molecular complexity index is 549. The second-order valence-corrected chi connectivity index (χ2v) is 13.8. The summed E-state index contributed by atoms with van der Waals surface area (Å²) in [5, 5.41) is 0. The van der Waals surface area contributed by atoms with Crippen LogP contribution in [0.15, 0.2) is 0 Å². The summed E-state index contributed by atoms with van der Waals surface area (Å²) in [7, 11) is -4.10. The van der Waals surface area contributed by atoms with Gasteiger partial charge in [-0.1, -0.05) is 155 Å². The molecular formula is C36H75O8P. The molecule has 1 N–H and O–H groups in total. The van der Waals surface area contributed by atoms with E-state index in [4.69, 9.17) is 28.0 Å². The normalized spacial score (nSPS) is 12.0. The third-order valence-electron chi connectivity index (χ3n) is 7.99. The van der Waals surface area contributed by atoms with Crippen molar-refractivity contribution in [2.45, 2.75) is 168 Å². The number of hydrogen-bond donors (Lipinski definition) is 1. The first-order valence-electron chi connectivity index (χ1n) is 19.0. The van der Waals surface area contributed by atoms with E-state index in [1.807, 2.05) is 0 Å². The highest BCUT2D eigenvalue weighted by Gasteiger charge is 2.20. The molecule has 0 saturated carbocycles. The van der Waals surface area contributed by atoms with Crippen LogP contribution in [0, 0.1) is 0 Å². The summed E-state index contributed by atoms with van der Waals surface area (Å²) in [4.78, 5) is 9.75. The van der Waals surface area contributed by atoms with Crippen LogP contribution in [0.3, 0.4) is 0 Å². The average Bonchev–Trinajstić information content (AvgIpc) is 3.03. The molecule has 0 aliphatic carbocycles. The van der Waals surface area contributed by atoms with Crippen molar-refractivity contribution in [1.29, 1.82) is 0 Å². The monoisotopic (exact) mass is 667 g/mol. The predicted molar refractivity (Wildman–Crippen MR) is 187 cm³/mol. The van der Waals surface area contributed by atoms with Crippen molar-refractivity contribution in [3.63, 3.8) is 0 Å². The second-order valence-electron chi connectivity index (χ2n) is 12.4. The minimum atomic E-state index is -4.10. The van der Waals surface area contributed by atoms with E-state index >= 15 is 0 Å². The molecule has 0 fully saturated rings. The molecule has 0 aromatic rings. The van der Waals surface area contributed by atoms with Gasteiger partial charge in [0.15, 0.2) is 0 Å². The first-order valence-corrected chi connectivity index (χ1v) is 20.5. The molecule has 0 aliphatic heterocycles. The number of unbranched alkanes of at least 4 members (excludes halogenated alkanes) is 22. The molecule has 0 heterocycles. The fraction of sp³-hybridized carbons (Fsp3) is 1.00. The molecule has 0 saturated heterocycles. The van der Waals surface area contributed by atoms with Gasteiger partial charge in [0.05, 0.1) is 52.9 Å². The minimum absolute atomic E-state index is 0.0136. The van der Waals surface area contributed by atoms with Crippen LogP contribution in [-0.2, 0) is 32.6 Å². The molecule has 0 atom stereocenters. The van der Waals surface area contributed by atoms with E-state index in [-0.39, 0.29) is 26.4 Å². The van der Waals surface area contributed by atoms with Crippen LogP contribution >= 0.6 is 7.82 Å². The first-order chi connectivity index (χ1) is 22.1. The molecule has 272 valence electrons. The summed E-state index contributed by atoms with van der Waals surface area (Å²) in [5.41, 5.74) is 0. The zero-order chi connectivity index (χ0) is 32.8. The van der Waals surface area contributed by atoms with E-state index in [0.717, 1.165) is 26.1 Å². The number of hydrogen-bond acceptors (Lipinski definition) is 7. The van der Waals surface area contributed by atoms with Crippen molar-refractivity contribution < 1.29 is 37.5 Å². The van der Waals surface area contributed by atoms with E-state index in [0.29, 0.717) is 26.4 Å². The van der Waals surface area contributed by atoms with Gasteiger partial charge in [0.1, 0.15) is 0 Å². The maximum atomic E-state index is 11.9. The van der Waals surface area contributed by atoms with Crippen LogP contribution in [0.1, 0.15) is 168 Å². The first kappa shape index (κ1) is 45.0. The van der Waals surface area contributed by atoms with Gasteiger partial charge in [0, 0.05) is 13.2 Å². The topological polar surface area (TPSA) is 92.7 Å². The molecule has 0 aromatic heterocycles. The standard InChI is InChI=1S/C36H75O8P/c1-3-5-7-9-11-13-15-17-19-21-23-25-27-39-29-31-41-33-35-43-45(37,38)44-36-34-42-32-30-40-28-26-24-22-20-18-16-14-12-10-8-6-4-2/h3-36H2,1-2H3,(H,37,38). The average molecular weight is 667 g/mol. The lowest BCUT2D eigenvalue weighted by Gasteiger charge is -2.12. The van der Waals surface area contributed by atoms with Crippen molar-refractivity contribution in [3.8, 4) is 0 Å². The van der Waals surface area contributed by atoms with Crippen molar-refractivity contribution in [2.75, 3.05) is 66.1 Å². The fourth-order valence-electron chi connectivity index (χ4n) is 5.19. The lowest BCUT2D eigenvalue weighted by atomic mass is 10.1. The molecule has 0 aromatic carbocycles. The van der Waals surface area contributed by atoms with Gasteiger partial charge in [-0.15, -0.1) is 0 Å². The number of rotatable bonds is 40. The number of ether oxygens (including phenoxy) is 4. The Morgan fingerprint density at radius 3 is 0.844 bits per heavy atom. The Hall–Kier alpha value is -0.0500. The molecule has 0 unspecified atom stereocenters. The summed E-state index contributed by atoms with van der Waals surface area (Å²) >= 11 is 0. The van der Waals surface area contributed by atoms with Gasteiger partial charge in [-0.3, -0.25) is 9.05 Å². The van der Waals surface area contributed by atoms with Crippen molar-refractivity contribution in [1.82, 2.24) is 0 Å². The van der Waals surface area contributed by atoms with Gasteiger partial charge in [0.2, 0.25) is 0 Å². The van der Waals surface area contributed by atoms with E-state index in [2.05, 4.69) is 13.8 Å². The third-order valence-corrected chi connectivity index (χ3v) is 9.01. The van der Waals surface area contributed by atoms with E-state index in [9.17, 15) is 9.46 Å². The number of phosphoric ester groups is 1. The van der Waals surface area contributed by atoms with Crippen molar-refractivity contribution in [3.05, 3.63) is 0 Å². The number of phosphoric acid groups is 1. The molecule has 0 spiro atoms. The van der Waals surface area contributed by atoms with Gasteiger partial charge in [-0.05, 0) is 12.8 Å². The van der Waals surface area contributed by atoms with Crippen LogP contribution in [0.5, 0.6) is 0 Å². The van der Waals surface area contributed by atoms with Gasteiger partial charge in [-0.25, -0.2) is 4.57 Å². The summed E-state index contributed by atoms with van der Waals surface area (Å²) in [5.74, 6) is 0. The van der Waals surface area contributed by atoms with E-state index in [1.54, 1.807) is 0 Å². The van der Waals surface area contributed by atoms with Crippen LogP contribution in [0.4, 0.5) is 0 Å². The minimum Gasteiger partial charge on any atom is -0.379 e. The SMILES string of the molecule is CCCCCCCCCCCCCCOCCOCCOP(=O)(O)OCCOCCOCCCCCCCCCCCCCC. The Labute approximate surface area is 279 Å². The molecule has 45 heavy (non-hydrogen) atoms. The maximum Gasteiger partial charge on any atom is 0.472 e. The summed E-state index contributed by atoms with van der Waals surface area (Å²) in [6, 6.07) is 0. The van der Waals surface area contributed by atoms with Gasteiger partial charge >= 0.3 is 7.82 Å². The van der Waals surface area contributed by atoms with Crippen LogP contribution in [-0.4, -0.2) is 71.0 Å². The van der Waals surface area contributed by atoms with Gasteiger partial charge in [0.25, 0.3) is 0 Å². The van der Waals surface area contributed by atoms with Crippen LogP contribution in [0.2, 0.25) is 0 Å². The highest BCUT2D eigenvalue weighted by Crippen LogP contribution is 2.42.